The summed E-state index contributed by atoms with van der Waals surface area (Å²) in [7, 11) is 3.24. The van der Waals surface area contributed by atoms with Crippen molar-refractivity contribution in [1.29, 1.82) is 0 Å². The summed E-state index contributed by atoms with van der Waals surface area (Å²) in [6.45, 7) is 3.99. The second-order valence-electron chi connectivity index (χ2n) is 5.39. The van der Waals surface area contributed by atoms with Crippen LogP contribution in [0.15, 0.2) is 27.4 Å². The van der Waals surface area contributed by atoms with Crippen molar-refractivity contribution in [3.63, 3.8) is 0 Å². The van der Waals surface area contributed by atoms with Crippen molar-refractivity contribution in [1.82, 2.24) is 9.97 Å². The number of fused-ring (bicyclic) bond motifs is 1. The Morgan fingerprint density at radius 2 is 1.83 bits per heavy atom. The molecule has 0 aliphatic heterocycles. The Morgan fingerprint density at radius 3 is 2.46 bits per heavy atom. The van der Waals surface area contributed by atoms with Crippen molar-refractivity contribution in [2.75, 3.05) is 19.5 Å². The average Bonchev–Trinajstić information content (AvgIpc) is 3.00. The predicted molar refractivity (Wildman–Crippen MR) is 101 cm³/mol. The number of benzene rings is 1. The monoisotopic (exact) mass is 407 g/mol. The number of ether oxygens (including phenoxy) is 2. The molecule has 0 saturated heterocycles. The van der Waals surface area contributed by atoms with Crippen LogP contribution in [0.2, 0.25) is 0 Å². The molecule has 2 aromatic heterocycles. The normalized spacial score (nSPS) is 12.2. The van der Waals surface area contributed by atoms with Gasteiger partial charge in [0.2, 0.25) is 0 Å². The van der Waals surface area contributed by atoms with Gasteiger partial charge in [0.25, 0.3) is 0 Å². The fraction of sp³-hybridized carbons (Fsp3) is 0.294. The number of nitrogens with one attached hydrogen (secondary N) is 1. The molecule has 126 valence electrons. The number of thiophene rings is 1. The zero-order chi connectivity index (χ0) is 17.3. The molecule has 0 aliphatic carbocycles. The van der Waals surface area contributed by atoms with Crippen molar-refractivity contribution in [3.05, 3.63) is 38.8 Å². The third-order valence-electron chi connectivity index (χ3n) is 3.75. The minimum Gasteiger partial charge on any atom is -0.493 e. The minimum atomic E-state index is 0.123. The number of anilines is 1. The van der Waals surface area contributed by atoms with E-state index in [4.69, 9.17) is 9.47 Å². The molecule has 1 atom stereocenters. The van der Waals surface area contributed by atoms with Crippen molar-refractivity contribution in [2.45, 2.75) is 19.9 Å². The van der Waals surface area contributed by atoms with Crippen LogP contribution in [0.1, 0.15) is 24.4 Å². The predicted octanol–water partition coefficient (Wildman–Crippen LogP) is 4.95. The van der Waals surface area contributed by atoms with E-state index >= 15 is 0 Å². The van der Waals surface area contributed by atoms with Gasteiger partial charge in [-0.2, -0.15) is 0 Å². The molecular weight excluding hydrogens is 390 g/mol. The van der Waals surface area contributed by atoms with Gasteiger partial charge in [-0.15, -0.1) is 11.3 Å². The van der Waals surface area contributed by atoms with Crippen molar-refractivity contribution >= 4 is 44.0 Å². The highest BCUT2D eigenvalue weighted by atomic mass is 79.9. The van der Waals surface area contributed by atoms with E-state index in [0.29, 0.717) is 17.3 Å². The lowest BCUT2D eigenvalue weighted by Crippen LogP contribution is -2.09. The fourth-order valence-corrected chi connectivity index (χ4v) is 3.79. The Labute approximate surface area is 153 Å². The molecule has 1 unspecified atom stereocenters. The van der Waals surface area contributed by atoms with Gasteiger partial charge in [-0.1, -0.05) is 0 Å². The van der Waals surface area contributed by atoms with E-state index in [-0.39, 0.29) is 6.04 Å². The van der Waals surface area contributed by atoms with Crippen LogP contribution in [0.25, 0.3) is 10.9 Å². The summed E-state index contributed by atoms with van der Waals surface area (Å²) in [4.78, 5) is 9.09. The Hall–Kier alpha value is -1.86. The Balaban J connectivity index is 2.06. The minimum absolute atomic E-state index is 0.123. The van der Waals surface area contributed by atoms with E-state index in [1.807, 2.05) is 19.1 Å². The lowest BCUT2D eigenvalue weighted by molar-refractivity contribution is 0.356. The molecule has 0 aliphatic rings. The number of hydrogen-bond donors (Lipinski definition) is 1. The molecule has 3 rings (SSSR count). The number of halogens is 1. The molecule has 24 heavy (non-hydrogen) atoms. The lowest BCUT2D eigenvalue weighted by atomic mass is 10.1. The van der Waals surface area contributed by atoms with Gasteiger partial charge in [0, 0.05) is 11.5 Å². The molecule has 0 amide bonds. The number of rotatable bonds is 5. The molecule has 1 N–H and O–H groups in total. The second-order valence-corrected chi connectivity index (χ2v) is 7.68. The van der Waals surface area contributed by atoms with Crippen LogP contribution in [-0.2, 0) is 0 Å². The Bertz CT molecular complexity index is 882. The molecule has 1 aromatic carbocycles. The topological polar surface area (TPSA) is 56.3 Å². The summed E-state index contributed by atoms with van der Waals surface area (Å²) >= 11 is 5.18. The quantitative estimate of drug-likeness (QED) is 0.647. The van der Waals surface area contributed by atoms with Gasteiger partial charge in [-0.05, 0) is 52.9 Å². The standard InChI is InChI=1S/C17H18BrN3O2S/c1-9(11-5-16(18)24-8-11)19-17-12-6-14(22-3)15(23-4)7-13(12)20-10(2)21-17/h5-9H,1-4H3,(H,19,20,21). The third-order valence-corrected chi connectivity index (χ3v) is 5.28. The largest absolute Gasteiger partial charge is 0.493 e. The van der Waals surface area contributed by atoms with E-state index in [0.717, 1.165) is 20.5 Å². The van der Waals surface area contributed by atoms with E-state index in [1.54, 1.807) is 25.6 Å². The maximum Gasteiger partial charge on any atom is 0.162 e. The fourth-order valence-electron chi connectivity index (χ4n) is 2.52. The first kappa shape index (κ1) is 17.0. The van der Waals surface area contributed by atoms with Gasteiger partial charge in [0.15, 0.2) is 11.5 Å². The maximum absolute atomic E-state index is 5.41. The molecule has 0 fully saturated rings. The summed E-state index contributed by atoms with van der Waals surface area (Å²) in [5.74, 6) is 2.81. The van der Waals surface area contributed by atoms with Crippen LogP contribution in [-0.4, -0.2) is 24.2 Å². The smallest absolute Gasteiger partial charge is 0.162 e. The first-order valence-corrected chi connectivity index (χ1v) is 9.10. The van der Waals surface area contributed by atoms with Crippen LogP contribution < -0.4 is 14.8 Å². The third kappa shape index (κ3) is 3.32. The zero-order valence-corrected chi connectivity index (χ0v) is 16.3. The zero-order valence-electron chi connectivity index (χ0n) is 13.9. The van der Waals surface area contributed by atoms with Gasteiger partial charge in [0.1, 0.15) is 11.6 Å². The SMILES string of the molecule is COc1cc2nc(C)nc(NC(C)c3csc(Br)c3)c2cc1OC. The van der Waals surface area contributed by atoms with Crippen molar-refractivity contribution < 1.29 is 9.47 Å². The first-order valence-electron chi connectivity index (χ1n) is 7.42. The first-order chi connectivity index (χ1) is 11.5. The summed E-state index contributed by atoms with van der Waals surface area (Å²) in [5.41, 5.74) is 2.03. The summed E-state index contributed by atoms with van der Waals surface area (Å²) < 4.78 is 11.9. The molecule has 2 heterocycles. The van der Waals surface area contributed by atoms with E-state index in [1.165, 1.54) is 5.56 Å². The van der Waals surface area contributed by atoms with Crippen LogP contribution in [0.3, 0.4) is 0 Å². The maximum atomic E-state index is 5.41. The van der Waals surface area contributed by atoms with Gasteiger partial charge >= 0.3 is 0 Å². The highest BCUT2D eigenvalue weighted by molar-refractivity contribution is 9.11. The highest BCUT2D eigenvalue weighted by Gasteiger charge is 2.15. The average molecular weight is 408 g/mol. The summed E-state index contributed by atoms with van der Waals surface area (Å²) in [5, 5.41) is 6.51. The number of aromatic nitrogens is 2. The van der Waals surface area contributed by atoms with Gasteiger partial charge in [-0.3, -0.25) is 0 Å². The second kappa shape index (κ2) is 6.94. The van der Waals surface area contributed by atoms with E-state index in [9.17, 15) is 0 Å². The Morgan fingerprint density at radius 1 is 1.12 bits per heavy atom. The van der Waals surface area contributed by atoms with Crippen molar-refractivity contribution in [2.24, 2.45) is 0 Å². The van der Waals surface area contributed by atoms with Crippen LogP contribution in [0, 0.1) is 6.92 Å². The lowest BCUT2D eigenvalue weighted by Gasteiger charge is -2.17. The summed E-state index contributed by atoms with van der Waals surface area (Å²) in [6.07, 6.45) is 0. The van der Waals surface area contributed by atoms with Crippen LogP contribution in [0.4, 0.5) is 5.82 Å². The number of methoxy groups -OCH3 is 2. The highest BCUT2D eigenvalue weighted by Crippen LogP contribution is 2.35. The molecule has 3 aromatic rings. The van der Waals surface area contributed by atoms with Crippen LogP contribution >= 0.6 is 27.3 Å². The molecular formula is C17H18BrN3O2S. The Kier molecular flexibility index (Phi) is 4.91. The number of hydrogen-bond acceptors (Lipinski definition) is 6. The summed E-state index contributed by atoms with van der Waals surface area (Å²) in [6, 6.07) is 6.02. The van der Waals surface area contributed by atoms with Gasteiger partial charge < -0.3 is 14.8 Å². The molecule has 0 radical (unpaired) electrons. The molecule has 7 heteroatoms. The van der Waals surface area contributed by atoms with Crippen molar-refractivity contribution in [3.8, 4) is 11.5 Å². The van der Waals surface area contributed by atoms with E-state index < -0.39 is 0 Å². The molecule has 0 spiro atoms. The van der Waals surface area contributed by atoms with Gasteiger partial charge in [0.05, 0.1) is 29.6 Å². The van der Waals surface area contributed by atoms with Crippen LogP contribution in [0.5, 0.6) is 11.5 Å². The molecule has 0 saturated carbocycles. The number of aryl methyl sites for hydroxylation is 1. The number of nitrogens with zero attached hydrogens (tertiary/aromatic N) is 2. The van der Waals surface area contributed by atoms with Gasteiger partial charge in [-0.25, -0.2) is 9.97 Å². The molecule has 0 bridgehead atoms. The van der Waals surface area contributed by atoms with E-state index in [2.05, 4.69) is 49.6 Å². The molecule has 5 nitrogen and oxygen atoms in total.